The van der Waals surface area contributed by atoms with Crippen LogP contribution in [0, 0.1) is 23.3 Å². The zero-order chi connectivity index (χ0) is 30.4. The Morgan fingerprint density at radius 1 is 1.10 bits per heavy atom. The molecule has 40 heavy (non-hydrogen) atoms. The highest BCUT2D eigenvalue weighted by atomic mass is 19.2. The highest BCUT2D eigenvalue weighted by Crippen LogP contribution is 2.27. The lowest BCUT2D eigenvalue weighted by Gasteiger charge is -2.28. The van der Waals surface area contributed by atoms with Gasteiger partial charge in [0.2, 0.25) is 23.4 Å². The van der Waals surface area contributed by atoms with Crippen molar-refractivity contribution in [1.29, 1.82) is 0 Å². The molecule has 2 aromatic rings. The second-order valence-corrected chi connectivity index (χ2v) is 9.82. The number of halogens is 4. The second kappa shape index (κ2) is 13.4. The van der Waals surface area contributed by atoms with Crippen LogP contribution in [0.4, 0.5) is 23.2 Å². The van der Waals surface area contributed by atoms with Crippen LogP contribution in [0.15, 0.2) is 29.2 Å². The van der Waals surface area contributed by atoms with E-state index in [-0.39, 0.29) is 18.2 Å². The van der Waals surface area contributed by atoms with Crippen molar-refractivity contribution in [2.24, 2.45) is 0 Å². The zero-order valence-electron chi connectivity index (χ0n) is 22.5. The SMILES string of the molecule is CC[C@@H](C(=O)N[C@@H](CC(=O)OC(C)(C)C)C(O)COc1c(F)c(F)cc(F)c1F)n1cccc(NC(C)=O)c1=O. The molecule has 14 heteroatoms. The topological polar surface area (TPSA) is 136 Å². The highest BCUT2D eigenvalue weighted by molar-refractivity contribution is 5.88. The van der Waals surface area contributed by atoms with E-state index in [4.69, 9.17) is 9.47 Å². The molecule has 2 amide bonds. The molecule has 1 aromatic heterocycles. The molecule has 0 saturated heterocycles. The molecule has 0 aliphatic heterocycles. The number of rotatable bonds is 11. The molecule has 1 aromatic carbocycles. The van der Waals surface area contributed by atoms with Gasteiger partial charge in [-0.25, -0.2) is 8.78 Å². The minimum atomic E-state index is -1.85. The van der Waals surface area contributed by atoms with Crippen LogP contribution in [0.3, 0.4) is 0 Å². The molecule has 0 saturated carbocycles. The molecule has 10 nitrogen and oxygen atoms in total. The molecule has 0 fully saturated rings. The maximum atomic E-state index is 14.0. The fraction of sp³-hybridized carbons (Fsp3) is 0.462. The number of aliphatic hydroxyl groups excluding tert-OH is 1. The van der Waals surface area contributed by atoms with Gasteiger partial charge in [0.05, 0.1) is 12.5 Å². The van der Waals surface area contributed by atoms with Crippen molar-refractivity contribution < 1.29 is 46.5 Å². The number of hydrogen-bond acceptors (Lipinski definition) is 7. The van der Waals surface area contributed by atoms with Gasteiger partial charge in [-0.15, -0.1) is 0 Å². The Morgan fingerprint density at radius 3 is 2.23 bits per heavy atom. The standard InChI is InChI=1S/C26H31F4N3O7/c1-6-18(33-9-7-8-16(25(33)38)31-13(2)34)24(37)32-17(11-20(36)40-26(3,4)5)19(35)12-39-23-21(29)14(27)10-15(28)22(23)30/h7-10,17-19,35H,6,11-12H2,1-5H3,(H,31,34)(H,32,37)/t17-,18-,19?/m0/s1. The Kier molecular flexibility index (Phi) is 10.8. The predicted octanol–water partition coefficient (Wildman–Crippen LogP) is 2.97. The Labute approximate surface area is 227 Å². The number of carbonyl (C=O) groups is 3. The summed E-state index contributed by atoms with van der Waals surface area (Å²) in [5.41, 5.74) is -1.74. The minimum absolute atomic E-state index is 0.0206. The van der Waals surface area contributed by atoms with Gasteiger partial charge in [-0.1, -0.05) is 6.92 Å². The number of aromatic nitrogens is 1. The summed E-state index contributed by atoms with van der Waals surface area (Å²) in [5.74, 6) is -10.8. The van der Waals surface area contributed by atoms with Crippen LogP contribution < -0.4 is 20.9 Å². The molecule has 3 N–H and O–H groups in total. The first-order valence-electron chi connectivity index (χ1n) is 12.2. The van der Waals surface area contributed by atoms with Gasteiger partial charge in [0.1, 0.15) is 30.0 Å². The lowest BCUT2D eigenvalue weighted by atomic mass is 10.1. The predicted molar refractivity (Wildman–Crippen MR) is 135 cm³/mol. The average Bonchev–Trinajstić information content (AvgIpc) is 2.83. The number of pyridine rings is 1. The summed E-state index contributed by atoms with van der Waals surface area (Å²) in [6.45, 7) is 6.49. The Bertz CT molecular complexity index is 1280. The number of hydrogen-bond donors (Lipinski definition) is 3. The summed E-state index contributed by atoms with van der Waals surface area (Å²) in [6, 6.07) is 0.0701. The van der Waals surface area contributed by atoms with E-state index in [9.17, 15) is 41.8 Å². The smallest absolute Gasteiger partial charge is 0.308 e. The first-order chi connectivity index (χ1) is 18.5. The van der Waals surface area contributed by atoms with Crippen LogP contribution in [0.5, 0.6) is 5.75 Å². The van der Waals surface area contributed by atoms with Crippen molar-refractivity contribution in [3.05, 3.63) is 58.0 Å². The monoisotopic (exact) mass is 573 g/mol. The molecule has 0 aliphatic carbocycles. The van der Waals surface area contributed by atoms with Crippen molar-refractivity contribution in [1.82, 2.24) is 9.88 Å². The Hall–Kier alpha value is -3.94. The average molecular weight is 574 g/mol. The van der Waals surface area contributed by atoms with E-state index in [2.05, 4.69) is 10.6 Å². The van der Waals surface area contributed by atoms with Crippen LogP contribution >= 0.6 is 0 Å². The highest BCUT2D eigenvalue weighted by Gasteiger charge is 2.31. The van der Waals surface area contributed by atoms with E-state index in [1.165, 1.54) is 25.3 Å². The first kappa shape index (κ1) is 32.3. The summed E-state index contributed by atoms with van der Waals surface area (Å²) in [5, 5.41) is 15.5. The van der Waals surface area contributed by atoms with E-state index < -0.39 is 89.2 Å². The maximum Gasteiger partial charge on any atom is 0.308 e. The molecule has 0 bridgehead atoms. The van der Waals surface area contributed by atoms with Crippen LogP contribution in [0.2, 0.25) is 0 Å². The third kappa shape index (κ3) is 8.53. The molecule has 0 radical (unpaired) electrons. The maximum absolute atomic E-state index is 14.0. The number of benzene rings is 1. The van der Waals surface area contributed by atoms with Crippen molar-refractivity contribution >= 4 is 23.5 Å². The fourth-order valence-corrected chi connectivity index (χ4v) is 3.64. The third-order valence-corrected chi connectivity index (χ3v) is 5.38. The number of nitrogens with zero attached hydrogens (tertiary/aromatic N) is 1. The molecule has 3 atom stereocenters. The van der Waals surface area contributed by atoms with Crippen LogP contribution in [-0.2, 0) is 19.1 Å². The second-order valence-electron chi connectivity index (χ2n) is 9.82. The first-order valence-corrected chi connectivity index (χ1v) is 12.2. The minimum Gasteiger partial charge on any atom is -0.485 e. The molecule has 0 aliphatic rings. The number of esters is 1. The van der Waals surface area contributed by atoms with Crippen LogP contribution in [0.25, 0.3) is 0 Å². The molecule has 0 spiro atoms. The van der Waals surface area contributed by atoms with E-state index in [0.29, 0.717) is 0 Å². The lowest BCUT2D eigenvalue weighted by molar-refractivity contribution is -0.156. The molecule has 2 rings (SSSR count). The van der Waals surface area contributed by atoms with E-state index in [1.54, 1.807) is 27.7 Å². The van der Waals surface area contributed by atoms with E-state index in [0.717, 1.165) is 4.57 Å². The third-order valence-electron chi connectivity index (χ3n) is 5.38. The van der Waals surface area contributed by atoms with Crippen molar-refractivity contribution in [3.63, 3.8) is 0 Å². The Morgan fingerprint density at radius 2 is 1.70 bits per heavy atom. The van der Waals surface area contributed by atoms with Crippen molar-refractivity contribution in [2.75, 3.05) is 11.9 Å². The van der Waals surface area contributed by atoms with Gasteiger partial charge in [0.15, 0.2) is 17.4 Å². The van der Waals surface area contributed by atoms with Gasteiger partial charge in [0, 0.05) is 19.2 Å². The molecule has 1 heterocycles. The Balaban J connectivity index is 2.34. The molecular formula is C26H31F4N3O7. The molecular weight excluding hydrogens is 542 g/mol. The van der Waals surface area contributed by atoms with Gasteiger partial charge < -0.3 is 29.8 Å². The van der Waals surface area contributed by atoms with E-state index >= 15 is 0 Å². The van der Waals surface area contributed by atoms with E-state index in [1.807, 2.05) is 0 Å². The van der Waals surface area contributed by atoms with Gasteiger partial charge in [-0.3, -0.25) is 19.2 Å². The largest absolute Gasteiger partial charge is 0.485 e. The number of ether oxygens (including phenoxy) is 2. The number of anilines is 1. The summed E-state index contributed by atoms with van der Waals surface area (Å²) in [4.78, 5) is 50.0. The van der Waals surface area contributed by atoms with Crippen LogP contribution in [-0.4, -0.2) is 51.8 Å². The van der Waals surface area contributed by atoms with Gasteiger partial charge >= 0.3 is 5.97 Å². The number of nitrogens with one attached hydrogen (secondary N) is 2. The molecule has 1 unspecified atom stereocenters. The quantitative estimate of drug-likeness (QED) is 0.214. The summed E-state index contributed by atoms with van der Waals surface area (Å²) < 4.78 is 66.1. The summed E-state index contributed by atoms with van der Waals surface area (Å²) >= 11 is 0. The summed E-state index contributed by atoms with van der Waals surface area (Å²) in [6.07, 6.45) is -1.14. The number of amides is 2. The van der Waals surface area contributed by atoms with Crippen molar-refractivity contribution in [3.8, 4) is 5.75 Å². The van der Waals surface area contributed by atoms with Gasteiger partial charge in [0.25, 0.3) is 5.56 Å². The zero-order valence-corrected chi connectivity index (χ0v) is 22.5. The van der Waals surface area contributed by atoms with Crippen molar-refractivity contribution in [2.45, 2.75) is 71.2 Å². The van der Waals surface area contributed by atoms with Crippen LogP contribution in [0.1, 0.15) is 53.5 Å². The van der Waals surface area contributed by atoms with Gasteiger partial charge in [-0.05, 0) is 39.3 Å². The lowest BCUT2D eigenvalue weighted by Crippen LogP contribution is -2.50. The van der Waals surface area contributed by atoms with Gasteiger partial charge in [-0.2, -0.15) is 8.78 Å². The number of aliphatic hydroxyl groups is 1. The number of carbonyl (C=O) groups excluding carboxylic acids is 3. The summed E-state index contributed by atoms with van der Waals surface area (Å²) in [7, 11) is 0. The fourth-order valence-electron chi connectivity index (χ4n) is 3.64. The normalized spacial score (nSPS) is 13.7. The molecule has 220 valence electrons.